The van der Waals surface area contributed by atoms with Crippen LogP contribution in [0.15, 0.2) is 47.3 Å². The highest BCUT2D eigenvalue weighted by Crippen LogP contribution is 2.30. The number of halogens is 3. The lowest BCUT2D eigenvalue weighted by molar-refractivity contribution is -0.137. The highest BCUT2D eigenvalue weighted by molar-refractivity contribution is 5.57. The van der Waals surface area contributed by atoms with Gasteiger partial charge in [-0.25, -0.2) is 4.98 Å². The molecule has 0 atom stereocenters. The summed E-state index contributed by atoms with van der Waals surface area (Å²) in [5.41, 5.74) is 0.0159. The highest BCUT2D eigenvalue weighted by atomic mass is 19.4. The largest absolute Gasteiger partial charge is 0.463 e. The smallest absolute Gasteiger partial charge is 0.416 e. The molecule has 3 heterocycles. The van der Waals surface area contributed by atoms with Crippen molar-refractivity contribution in [3.63, 3.8) is 0 Å². The van der Waals surface area contributed by atoms with Crippen molar-refractivity contribution < 1.29 is 17.6 Å². The van der Waals surface area contributed by atoms with Crippen molar-refractivity contribution >= 4 is 5.65 Å². The molecule has 92 valence electrons. The van der Waals surface area contributed by atoms with Gasteiger partial charge in [0.2, 0.25) is 0 Å². The van der Waals surface area contributed by atoms with Gasteiger partial charge in [0.25, 0.3) is 0 Å². The molecule has 3 aromatic heterocycles. The summed E-state index contributed by atoms with van der Waals surface area (Å²) in [6.45, 7) is 0. The summed E-state index contributed by atoms with van der Waals surface area (Å²) in [5, 5.41) is 0. The van der Waals surface area contributed by atoms with Gasteiger partial charge < -0.3 is 8.82 Å². The van der Waals surface area contributed by atoms with E-state index in [-0.39, 0.29) is 5.65 Å². The van der Waals surface area contributed by atoms with E-state index in [4.69, 9.17) is 4.42 Å². The third-order valence-electron chi connectivity index (χ3n) is 2.56. The average molecular weight is 252 g/mol. The maximum Gasteiger partial charge on any atom is 0.416 e. The molecule has 0 N–H and O–H groups in total. The molecule has 0 aromatic carbocycles. The molecular weight excluding hydrogens is 245 g/mol. The Balaban J connectivity index is 2.13. The first-order chi connectivity index (χ1) is 8.54. The van der Waals surface area contributed by atoms with Crippen molar-refractivity contribution in [3.05, 3.63) is 48.5 Å². The number of pyridine rings is 1. The van der Waals surface area contributed by atoms with E-state index in [9.17, 15) is 13.2 Å². The van der Waals surface area contributed by atoms with Crippen LogP contribution in [-0.4, -0.2) is 9.38 Å². The van der Waals surface area contributed by atoms with Crippen LogP contribution in [0.2, 0.25) is 0 Å². The molecule has 0 aliphatic heterocycles. The third-order valence-corrected chi connectivity index (χ3v) is 2.56. The quantitative estimate of drug-likeness (QED) is 0.662. The molecule has 0 unspecified atom stereocenters. The van der Waals surface area contributed by atoms with E-state index in [1.54, 1.807) is 18.3 Å². The molecule has 0 aliphatic carbocycles. The van der Waals surface area contributed by atoms with E-state index in [1.165, 1.54) is 16.9 Å². The molecule has 0 amide bonds. The molecule has 0 radical (unpaired) electrons. The zero-order valence-corrected chi connectivity index (χ0v) is 8.98. The topological polar surface area (TPSA) is 30.4 Å². The van der Waals surface area contributed by atoms with Gasteiger partial charge in [-0.3, -0.25) is 0 Å². The first kappa shape index (κ1) is 10.9. The number of rotatable bonds is 1. The van der Waals surface area contributed by atoms with Gasteiger partial charge in [0, 0.05) is 12.4 Å². The van der Waals surface area contributed by atoms with Gasteiger partial charge in [0.15, 0.2) is 5.76 Å². The minimum Gasteiger partial charge on any atom is -0.463 e. The van der Waals surface area contributed by atoms with Gasteiger partial charge >= 0.3 is 6.18 Å². The van der Waals surface area contributed by atoms with Crippen LogP contribution in [0.4, 0.5) is 13.2 Å². The number of furan rings is 1. The second-order valence-electron chi connectivity index (χ2n) is 3.78. The fraction of sp³-hybridized carbons (Fsp3) is 0.0833. The number of aromatic nitrogens is 2. The molecule has 0 fully saturated rings. The molecule has 3 rings (SSSR count). The van der Waals surface area contributed by atoms with E-state index in [1.807, 2.05) is 0 Å². The lowest BCUT2D eigenvalue weighted by atomic mass is 10.2. The first-order valence-electron chi connectivity index (χ1n) is 5.14. The summed E-state index contributed by atoms with van der Waals surface area (Å²) in [6.07, 6.45) is 0.0744. The Morgan fingerprint density at radius 3 is 2.72 bits per heavy atom. The first-order valence-corrected chi connectivity index (χ1v) is 5.14. The van der Waals surface area contributed by atoms with Crippen LogP contribution in [0.5, 0.6) is 0 Å². The number of hydrogen-bond acceptors (Lipinski definition) is 2. The number of imidazole rings is 1. The zero-order chi connectivity index (χ0) is 12.8. The maximum absolute atomic E-state index is 12.5. The molecule has 0 aliphatic rings. The van der Waals surface area contributed by atoms with E-state index in [0.29, 0.717) is 11.5 Å². The molecule has 6 heteroatoms. The lowest BCUT2D eigenvalue weighted by Gasteiger charge is -2.05. The summed E-state index contributed by atoms with van der Waals surface area (Å²) in [5.74, 6) is 0.521. The van der Waals surface area contributed by atoms with Crippen molar-refractivity contribution in [1.29, 1.82) is 0 Å². The Hall–Kier alpha value is -2.24. The van der Waals surface area contributed by atoms with Crippen molar-refractivity contribution in [2.75, 3.05) is 0 Å². The number of hydrogen-bond donors (Lipinski definition) is 0. The molecule has 3 nitrogen and oxygen atoms in total. The van der Waals surface area contributed by atoms with Crippen LogP contribution in [0.3, 0.4) is 0 Å². The summed E-state index contributed by atoms with van der Waals surface area (Å²) >= 11 is 0. The molecule has 18 heavy (non-hydrogen) atoms. The molecule has 0 saturated carbocycles. The zero-order valence-electron chi connectivity index (χ0n) is 8.98. The minimum absolute atomic E-state index is 0.233. The van der Waals surface area contributed by atoms with Crippen molar-refractivity contribution in [3.8, 4) is 11.5 Å². The molecule has 0 saturated heterocycles. The fourth-order valence-electron chi connectivity index (χ4n) is 1.70. The SMILES string of the molecule is FC(F)(F)c1ccn2cc(-c3ccco3)nc2c1. The van der Waals surface area contributed by atoms with Crippen LogP contribution < -0.4 is 0 Å². The van der Waals surface area contributed by atoms with Crippen LogP contribution in [-0.2, 0) is 6.18 Å². The van der Waals surface area contributed by atoms with Gasteiger partial charge in [0.1, 0.15) is 11.3 Å². The van der Waals surface area contributed by atoms with Gasteiger partial charge in [-0.1, -0.05) is 0 Å². The number of alkyl halides is 3. The van der Waals surface area contributed by atoms with E-state index >= 15 is 0 Å². The van der Waals surface area contributed by atoms with Crippen molar-refractivity contribution in [2.24, 2.45) is 0 Å². The van der Waals surface area contributed by atoms with Crippen molar-refractivity contribution in [1.82, 2.24) is 9.38 Å². The van der Waals surface area contributed by atoms with E-state index in [0.717, 1.165) is 12.1 Å². The van der Waals surface area contributed by atoms with Crippen LogP contribution in [0.25, 0.3) is 17.1 Å². The Kier molecular flexibility index (Phi) is 2.19. The Morgan fingerprint density at radius 1 is 1.22 bits per heavy atom. The van der Waals surface area contributed by atoms with Gasteiger partial charge in [0.05, 0.1) is 11.8 Å². The average Bonchev–Trinajstić information content (AvgIpc) is 2.95. The van der Waals surface area contributed by atoms with E-state index in [2.05, 4.69) is 4.98 Å². The molecule has 3 aromatic rings. The Bertz CT molecular complexity index is 683. The summed E-state index contributed by atoms with van der Waals surface area (Å²) in [7, 11) is 0. The Morgan fingerprint density at radius 2 is 2.06 bits per heavy atom. The second-order valence-corrected chi connectivity index (χ2v) is 3.78. The second kappa shape index (κ2) is 3.63. The summed E-state index contributed by atoms with van der Waals surface area (Å²) < 4.78 is 44.3. The predicted octanol–water partition coefficient (Wildman–Crippen LogP) is 3.61. The fourth-order valence-corrected chi connectivity index (χ4v) is 1.70. The predicted molar refractivity (Wildman–Crippen MR) is 57.9 cm³/mol. The monoisotopic (exact) mass is 252 g/mol. The minimum atomic E-state index is -4.36. The Labute approximate surface area is 99.5 Å². The van der Waals surface area contributed by atoms with Crippen LogP contribution in [0, 0.1) is 0 Å². The number of nitrogens with zero attached hydrogens (tertiary/aromatic N) is 2. The van der Waals surface area contributed by atoms with Crippen LogP contribution in [0.1, 0.15) is 5.56 Å². The standard InChI is InChI=1S/C12H7F3N2O/c13-12(14,15)8-3-4-17-7-9(16-11(17)6-8)10-2-1-5-18-10/h1-7H. The molecular formula is C12H7F3N2O. The summed E-state index contributed by atoms with van der Waals surface area (Å²) in [6, 6.07) is 5.42. The molecule has 0 spiro atoms. The summed E-state index contributed by atoms with van der Waals surface area (Å²) in [4.78, 5) is 4.10. The van der Waals surface area contributed by atoms with E-state index < -0.39 is 11.7 Å². The lowest BCUT2D eigenvalue weighted by Crippen LogP contribution is -2.05. The van der Waals surface area contributed by atoms with Crippen molar-refractivity contribution in [2.45, 2.75) is 6.18 Å². The van der Waals surface area contributed by atoms with Crippen LogP contribution >= 0.6 is 0 Å². The molecule has 0 bridgehead atoms. The normalized spacial score (nSPS) is 12.2. The maximum atomic E-state index is 12.5. The van der Waals surface area contributed by atoms with Gasteiger partial charge in [-0.2, -0.15) is 13.2 Å². The third kappa shape index (κ3) is 1.75. The number of fused-ring (bicyclic) bond motifs is 1. The van der Waals surface area contributed by atoms with Gasteiger partial charge in [-0.15, -0.1) is 0 Å². The highest BCUT2D eigenvalue weighted by Gasteiger charge is 2.30. The van der Waals surface area contributed by atoms with Gasteiger partial charge in [-0.05, 0) is 24.3 Å².